The largest absolute Gasteiger partial charge is 0.322 e. The summed E-state index contributed by atoms with van der Waals surface area (Å²) in [6, 6.07) is 14.2. The summed E-state index contributed by atoms with van der Waals surface area (Å²) in [5.41, 5.74) is 4.38. The van der Waals surface area contributed by atoms with E-state index in [1.165, 1.54) is 43.5 Å². The van der Waals surface area contributed by atoms with E-state index in [-0.39, 0.29) is 24.1 Å². The zero-order chi connectivity index (χ0) is 23.5. The van der Waals surface area contributed by atoms with Crippen molar-refractivity contribution in [3.63, 3.8) is 0 Å². The van der Waals surface area contributed by atoms with Crippen LogP contribution in [-0.2, 0) is 29.1 Å². The van der Waals surface area contributed by atoms with Gasteiger partial charge >= 0.3 is 0 Å². The molecule has 178 valence electrons. The molecule has 1 unspecified atom stereocenters. The van der Waals surface area contributed by atoms with E-state index in [2.05, 4.69) is 40.5 Å². The molecule has 2 fully saturated rings. The van der Waals surface area contributed by atoms with Crippen LogP contribution in [0.3, 0.4) is 0 Å². The number of thioether (sulfide) groups is 1. The monoisotopic (exact) mass is 477 g/mol. The van der Waals surface area contributed by atoms with Gasteiger partial charge in [0.15, 0.2) is 0 Å². The number of likely N-dealkylation sites (tertiary alicyclic amines) is 1. The number of hydrogen-bond donors (Lipinski definition) is 1. The lowest BCUT2D eigenvalue weighted by Crippen LogP contribution is -2.52. The summed E-state index contributed by atoms with van der Waals surface area (Å²) in [5, 5.41) is 2.37. The minimum Gasteiger partial charge on any atom is -0.322 e. The summed E-state index contributed by atoms with van der Waals surface area (Å²) in [4.78, 5) is 42.1. The zero-order valence-electron chi connectivity index (χ0n) is 19.4. The topological polar surface area (TPSA) is 69.7 Å². The molecule has 7 heteroatoms. The summed E-state index contributed by atoms with van der Waals surface area (Å²) in [6.07, 6.45) is 5.62. The second kappa shape index (κ2) is 10.3. The van der Waals surface area contributed by atoms with Gasteiger partial charge in [0.1, 0.15) is 6.04 Å². The second-order valence-electron chi connectivity index (χ2n) is 9.43. The third-order valence-electron chi connectivity index (χ3n) is 7.07. The highest BCUT2D eigenvalue weighted by Gasteiger charge is 2.39. The molecule has 1 atom stereocenters. The Morgan fingerprint density at radius 1 is 0.941 bits per heavy atom. The van der Waals surface area contributed by atoms with Crippen LogP contribution in [0.1, 0.15) is 59.2 Å². The summed E-state index contributed by atoms with van der Waals surface area (Å²) < 4.78 is 0. The number of nitrogens with one attached hydrogen (secondary N) is 1. The Kier molecular flexibility index (Phi) is 7.02. The molecule has 3 amide bonds. The van der Waals surface area contributed by atoms with Crippen LogP contribution in [0.15, 0.2) is 47.4 Å². The average Bonchev–Trinajstić information content (AvgIpc) is 3.18. The highest BCUT2D eigenvalue weighted by molar-refractivity contribution is 7.99. The van der Waals surface area contributed by atoms with Gasteiger partial charge in [0.25, 0.3) is 5.91 Å². The first-order chi connectivity index (χ1) is 16.6. The van der Waals surface area contributed by atoms with Crippen LogP contribution in [0.5, 0.6) is 0 Å². The van der Waals surface area contributed by atoms with Crippen molar-refractivity contribution < 1.29 is 14.4 Å². The molecule has 0 saturated carbocycles. The van der Waals surface area contributed by atoms with Gasteiger partial charge in [-0.2, -0.15) is 0 Å². The van der Waals surface area contributed by atoms with Crippen LogP contribution < -0.4 is 5.32 Å². The van der Waals surface area contributed by atoms with Crippen molar-refractivity contribution in [3.8, 4) is 0 Å². The van der Waals surface area contributed by atoms with Gasteiger partial charge in [-0.25, -0.2) is 0 Å². The number of aryl methyl sites for hydroxylation is 1. The van der Waals surface area contributed by atoms with Crippen LogP contribution in [0, 0.1) is 0 Å². The number of rotatable bonds is 7. The minimum atomic E-state index is -0.570. The van der Waals surface area contributed by atoms with E-state index in [9.17, 15) is 14.4 Å². The number of imide groups is 1. The maximum atomic E-state index is 13.0. The molecule has 2 aromatic rings. The summed E-state index contributed by atoms with van der Waals surface area (Å²) in [7, 11) is 0. The van der Waals surface area contributed by atoms with E-state index in [0.29, 0.717) is 18.5 Å². The van der Waals surface area contributed by atoms with Crippen molar-refractivity contribution >= 4 is 29.5 Å². The van der Waals surface area contributed by atoms with E-state index in [0.717, 1.165) is 29.2 Å². The van der Waals surface area contributed by atoms with Gasteiger partial charge in [-0.05, 0) is 67.6 Å². The molecule has 6 nitrogen and oxygen atoms in total. The van der Waals surface area contributed by atoms with Crippen molar-refractivity contribution in [1.29, 1.82) is 0 Å². The van der Waals surface area contributed by atoms with Gasteiger partial charge in [0, 0.05) is 35.7 Å². The molecule has 0 aliphatic carbocycles. The first kappa shape index (κ1) is 23.1. The fraction of sp³-hybridized carbons (Fsp3) is 0.444. The van der Waals surface area contributed by atoms with Gasteiger partial charge < -0.3 is 4.90 Å². The molecule has 5 rings (SSSR count). The number of carbonyl (C=O) groups is 3. The van der Waals surface area contributed by atoms with E-state index < -0.39 is 6.04 Å². The molecule has 2 aromatic carbocycles. The van der Waals surface area contributed by atoms with Crippen molar-refractivity contribution in [3.05, 3.63) is 64.7 Å². The number of fused-ring (bicyclic) bond motifs is 1. The van der Waals surface area contributed by atoms with Crippen LogP contribution >= 0.6 is 11.8 Å². The quantitative estimate of drug-likeness (QED) is 0.486. The first-order valence-electron chi connectivity index (χ1n) is 12.3. The maximum absolute atomic E-state index is 13.0. The minimum absolute atomic E-state index is 0.115. The first-order valence-corrected chi connectivity index (χ1v) is 13.3. The van der Waals surface area contributed by atoms with Crippen LogP contribution in [-0.4, -0.2) is 52.4 Å². The molecule has 0 radical (unpaired) electrons. The lowest BCUT2D eigenvalue weighted by molar-refractivity contribution is -0.136. The predicted octanol–water partition coefficient (Wildman–Crippen LogP) is 3.77. The fourth-order valence-corrected chi connectivity index (χ4v) is 6.24. The molecule has 0 aromatic heterocycles. The van der Waals surface area contributed by atoms with Crippen molar-refractivity contribution in [1.82, 2.24) is 15.1 Å². The molecule has 3 aliphatic rings. The highest BCUT2D eigenvalue weighted by Crippen LogP contribution is 2.34. The lowest BCUT2D eigenvalue weighted by atomic mass is 10.0. The van der Waals surface area contributed by atoms with E-state index in [1.54, 1.807) is 16.7 Å². The Morgan fingerprint density at radius 3 is 2.47 bits per heavy atom. The zero-order valence-corrected chi connectivity index (χ0v) is 20.2. The third-order valence-corrected chi connectivity index (χ3v) is 8.17. The van der Waals surface area contributed by atoms with E-state index in [4.69, 9.17) is 0 Å². The van der Waals surface area contributed by atoms with Gasteiger partial charge in [0.2, 0.25) is 11.8 Å². The normalized spacial score (nSPS) is 21.0. The predicted molar refractivity (Wildman–Crippen MR) is 132 cm³/mol. The number of nitrogens with zero attached hydrogens (tertiary/aromatic N) is 2. The number of amides is 3. The fourth-order valence-electron chi connectivity index (χ4n) is 5.16. The smallest absolute Gasteiger partial charge is 0.255 e. The van der Waals surface area contributed by atoms with Crippen LogP contribution in [0.4, 0.5) is 0 Å². The van der Waals surface area contributed by atoms with Gasteiger partial charge in [-0.3, -0.25) is 24.6 Å². The highest BCUT2D eigenvalue weighted by atomic mass is 32.2. The van der Waals surface area contributed by atoms with E-state index >= 15 is 0 Å². The molecule has 34 heavy (non-hydrogen) atoms. The molecule has 0 bridgehead atoms. The Balaban J connectivity index is 1.17. The van der Waals surface area contributed by atoms with E-state index in [1.807, 2.05) is 12.1 Å². The number of hydrogen-bond acceptors (Lipinski definition) is 5. The Bertz CT molecular complexity index is 1080. The third kappa shape index (κ3) is 5.05. The Labute approximate surface area is 205 Å². The standard InChI is InChI=1S/C27H31N3O3S/c31-25-12-11-23(26(32)28-25)30-18-22-21(27(30)33)5-4-6-24(22)34-16-13-19-7-9-20(10-8-19)17-29-14-2-1-3-15-29/h4-10,23H,1-3,11-18H2,(H,28,31,32). The van der Waals surface area contributed by atoms with Gasteiger partial charge in [0.05, 0.1) is 0 Å². The summed E-state index contributed by atoms with van der Waals surface area (Å²) in [6.45, 7) is 3.89. The van der Waals surface area contributed by atoms with Crippen molar-refractivity contribution in [2.75, 3.05) is 18.8 Å². The maximum Gasteiger partial charge on any atom is 0.255 e. The second-order valence-corrected chi connectivity index (χ2v) is 10.6. The number of piperidine rings is 2. The summed E-state index contributed by atoms with van der Waals surface area (Å²) >= 11 is 1.76. The Hall–Kier alpha value is -2.64. The molecule has 3 heterocycles. The molecular formula is C27H31N3O3S. The van der Waals surface area contributed by atoms with Crippen molar-refractivity contribution in [2.24, 2.45) is 0 Å². The number of benzene rings is 2. The lowest BCUT2D eigenvalue weighted by Gasteiger charge is -2.29. The average molecular weight is 478 g/mol. The van der Waals surface area contributed by atoms with Crippen molar-refractivity contribution in [2.45, 2.75) is 62.6 Å². The molecule has 0 spiro atoms. The molecule has 3 aliphatic heterocycles. The SMILES string of the molecule is O=C1CCC(N2Cc3c(SCCc4ccc(CN5CCCCC5)cc4)cccc3C2=O)C(=O)N1. The molecule has 1 N–H and O–H groups in total. The van der Waals surface area contributed by atoms with Gasteiger partial charge in [-0.15, -0.1) is 11.8 Å². The summed E-state index contributed by atoms with van der Waals surface area (Å²) in [5.74, 6) is 0.182. The molecule has 2 saturated heterocycles. The van der Waals surface area contributed by atoms with Gasteiger partial charge in [-0.1, -0.05) is 36.8 Å². The number of carbonyl (C=O) groups excluding carboxylic acids is 3. The van der Waals surface area contributed by atoms with Crippen LogP contribution in [0.2, 0.25) is 0 Å². The van der Waals surface area contributed by atoms with Crippen LogP contribution in [0.25, 0.3) is 0 Å². The Morgan fingerprint density at radius 2 is 1.71 bits per heavy atom. The molecular weight excluding hydrogens is 446 g/mol.